The summed E-state index contributed by atoms with van der Waals surface area (Å²) in [7, 11) is 0. The van der Waals surface area contributed by atoms with Crippen molar-refractivity contribution in [3.05, 3.63) is 0 Å². The molecule has 0 heterocycles. The van der Waals surface area contributed by atoms with Crippen LogP contribution in [0.3, 0.4) is 0 Å². The van der Waals surface area contributed by atoms with Gasteiger partial charge in [-0.25, -0.2) is 0 Å². The SMILES string of the molecule is CCC(C)CC(CC)(CO)NCC1CC1. The van der Waals surface area contributed by atoms with Crippen molar-refractivity contribution in [1.82, 2.24) is 5.32 Å². The van der Waals surface area contributed by atoms with Gasteiger partial charge in [-0.2, -0.15) is 0 Å². The van der Waals surface area contributed by atoms with E-state index in [1.54, 1.807) is 0 Å². The van der Waals surface area contributed by atoms with Gasteiger partial charge in [-0.05, 0) is 44.1 Å². The lowest BCUT2D eigenvalue weighted by Crippen LogP contribution is -2.50. The van der Waals surface area contributed by atoms with Crippen LogP contribution in [0.2, 0.25) is 0 Å². The van der Waals surface area contributed by atoms with Crippen LogP contribution in [-0.4, -0.2) is 23.8 Å². The molecule has 0 aromatic carbocycles. The minimum atomic E-state index is -0.0159. The lowest BCUT2D eigenvalue weighted by atomic mass is 9.85. The summed E-state index contributed by atoms with van der Waals surface area (Å²) in [4.78, 5) is 0. The summed E-state index contributed by atoms with van der Waals surface area (Å²) in [5.41, 5.74) is -0.0159. The van der Waals surface area contributed by atoms with Gasteiger partial charge in [0, 0.05) is 5.54 Å². The zero-order valence-corrected chi connectivity index (χ0v) is 10.6. The topological polar surface area (TPSA) is 32.3 Å². The molecule has 0 amide bonds. The van der Waals surface area contributed by atoms with Crippen LogP contribution in [0.15, 0.2) is 0 Å². The first-order chi connectivity index (χ1) is 7.15. The Bertz CT molecular complexity index is 173. The summed E-state index contributed by atoms with van der Waals surface area (Å²) in [6.45, 7) is 8.06. The highest BCUT2D eigenvalue weighted by Gasteiger charge is 2.31. The van der Waals surface area contributed by atoms with E-state index in [9.17, 15) is 5.11 Å². The molecule has 0 aromatic rings. The van der Waals surface area contributed by atoms with E-state index in [0.29, 0.717) is 5.92 Å². The fourth-order valence-corrected chi connectivity index (χ4v) is 2.07. The fourth-order valence-electron chi connectivity index (χ4n) is 2.07. The minimum Gasteiger partial charge on any atom is -0.394 e. The van der Waals surface area contributed by atoms with Gasteiger partial charge < -0.3 is 10.4 Å². The Hall–Kier alpha value is -0.0800. The maximum absolute atomic E-state index is 9.59. The van der Waals surface area contributed by atoms with Crippen molar-refractivity contribution in [2.45, 2.75) is 58.4 Å². The first-order valence-corrected chi connectivity index (χ1v) is 6.51. The molecule has 2 atom stereocenters. The molecule has 2 nitrogen and oxygen atoms in total. The zero-order valence-electron chi connectivity index (χ0n) is 10.6. The molecule has 1 fully saturated rings. The highest BCUT2D eigenvalue weighted by molar-refractivity contribution is 4.90. The Kier molecular flexibility index (Phi) is 5.07. The Balaban J connectivity index is 2.41. The van der Waals surface area contributed by atoms with Crippen molar-refractivity contribution < 1.29 is 5.11 Å². The third-order valence-electron chi connectivity index (χ3n) is 3.88. The van der Waals surface area contributed by atoms with E-state index < -0.39 is 0 Å². The first kappa shape index (κ1) is 13.0. The van der Waals surface area contributed by atoms with Gasteiger partial charge in [-0.15, -0.1) is 0 Å². The molecule has 0 saturated heterocycles. The average Bonchev–Trinajstić information content (AvgIpc) is 3.08. The number of rotatable bonds is 8. The quantitative estimate of drug-likeness (QED) is 0.649. The predicted molar refractivity (Wildman–Crippen MR) is 64.9 cm³/mol. The molecule has 0 aliphatic heterocycles. The summed E-state index contributed by atoms with van der Waals surface area (Å²) < 4.78 is 0. The summed E-state index contributed by atoms with van der Waals surface area (Å²) in [5.74, 6) is 1.59. The van der Waals surface area contributed by atoms with Gasteiger partial charge in [0.15, 0.2) is 0 Å². The molecule has 0 spiro atoms. The second kappa shape index (κ2) is 5.86. The van der Waals surface area contributed by atoms with Crippen LogP contribution in [0.5, 0.6) is 0 Å². The lowest BCUT2D eigenvalue weighted by Gasteiger charge is -2.34. The van der Waals surface area contributed by atoms with E-state index in [-0.39, 0.29) is 12.1 Å². The maximum atomic E-state index is 9.59. The Morgan fingerprint density at radius 2 is 2.07 bits per heavy atom. The van der Waals surface area contributed by atoms with Crippen LogP contribution in [-0.2, 0) is 0 Å². The molecule has 0 bridgehead atoms. The molecule has 0 aromatic heterocycles. The first-order valence-electron chi connectivity index (χ1n) is 6.51. The van der Waals surface area contributed by atoms with Crippen LogP contribution in [0.25, 0.3) is 0 Å². The van der Waals surface area contributed by atoms with Gasteiger partial charge in [0.1, 0.15) is 0 Å². The van der Waals surface area contributed by atoms with Crippen molar-refractivity contribution in [1.29, 1.82) is 0 Å². The smallest absolute Gasteiger partial charge is 0.0613 e. The third kappa shape index (κ3) is 4.12. The summed E-state index contributed by atoms with van der Waals surface area (Å²) in [6.07, 6.45) is 6.08. The molecule has 1 aliphatic carbocycles. The van der Waals surface area contributed by atoms with Crippen LogP contribution < -0.4 is 5.32 Å². The number of aliphatic hydroxyl groups excluding tert-OH is 1. The fraction of sp³-hybridized carbons (Fsp3) is 1.00. The normalized spacial score (nSPS) is 22.4. The molecule has 2 unspecified atom stereocenters. The van der Waals surface area contributed by atoms with Crippen molar-refractivity contribution in [2.75, 3.05) is 13.2 Å². The Labute approximate surface area is 94.5 Å². The minimum absolute atomic E-state index is 0.0159. The molecule has 1 rings (SSSR count). The molecule has 2 heteroatoms. The number of hydrogen-bond donors (Lipinski definition) is 2. The molecule has 0 radical (unpaired) electrons. The standard InChI is InChI=1S/C13H27NO/c1-4-11(3)8-13(5-2,10-15)14-9-12-6-7-12/h11-12,14-15H,4-10H2,1-3H3. The van der Waals surface area contributed by atoms with Crippen LogP contribution in [0.1, 0.15) is 52.9 Å². The van der Waals surface area contributed by atoms with Crippen LogP contribution in [0, 0.1) is 11.8 Å². The molecule has 2 N–H and O–H groups in total. The monoisotopic (exact) mass is 213 g/mol. The van der Waals surface area contributed by atoms with Crippen molar-refractivity contribution in [2.24, 2.45) is 11.8 Å². The summed E-state index contributed by atoms with van der Waals surface area (Å²) in [5, 5.41) is 13.2. The zero-order chi connectivity index (χ0) is 11.3. The molecule has 15 heavy (non-hydrogen) atoms. The third-order valence-corrected chi connectivity index (χ3v) is 3.88. The van der Waals surface area contributed by atoms with E-state index in [4.69, 9.17) is 0 Å². The van der Waals surface area contributed by atoms with E-state index in [1.807, 2.05) is 0 Å². The van der Waals surface area contributed by atoms with Crippen molar-refractivity contribution in [3.63, 3.8) is 0 Å². The Morgan fingerprint density at radius 3 is 2.47 bits per heavy atom. The second-order valence-corrected chi connectivity index (χ2v) is 5.33. The van der Waals surface area contributed by atoms with Crippen LogP contribution in [0.4, 0.5) is 0 Å². The number of nitrogens with one attached hydrogen (secondary N) is 1. The van der Waals surface area contributed by atoms with Gasteiger partial charge in [0.05, 0.1) is 6.61 Å². The summed E-state index contributed by atoms with van der Waals surface area (Å²) in [6, 6.07) is 0. The molecule has 90 valence electrons. The van der Waals surface area contributed by atoms with Crippen LogP contribution >= 0.6 is 0 Å². The van der Waals surface area contributed by atoms with Gasteiger partial charge in [0.25, 0.3) is 0 Å². The average molecular weight is 213 g/mol. The largest absolute Gasteiger partial charge is 0.394 e. The van der Waals surface area contributed by atoms with E-state index in [1.165, 1.54) is 19.3 Å². The van der Waals surface area contributed by atoms with Gasteiger partial charge >= 0.3 is 0 Å². The van der Waals surface area contributed by atoms with E-state index >= 15 is 0 Å². The second-order valence-electron chi connectivity index (χ2n) is 5.33. The van der Waals surface area contributed by atoms with Gasteiger partial charge in [-0.3, -0.25) is 0 Å². The lowest BCUT2D eigenvalue weighted by molar-refractivity contribution is 0.129. The summed E-state index contributed by atoms with van der Waals surface area (Å²) >= 11 is 0. The molecule has 1 aliphatic rings. The maximum Gasteiger partial charge on any atom is 0.0613 e. The van der Waals surface area contributed by atoms with Gasteiger partial charge in [0.2, 0.25) is 0 Å². The van der Waals surface area contributed by atoms with Gasteiger partial charge in [-0.1, -0.05) is 27.2 Å². The Morgan fingerprint density at radius 1 is 1.40 bits per heavy atom. The van der Waals surface area contributed by atoms with Crippen molar-refractivity contribution >= 4 is 0 Å². The van der Waals surface area contributed by atoms with Crippen molar-refractivity contribution in [3.8, 4) is 0 Å². The number of aliphatic hydroxyl groups is 1. The number of hydrogen-bond acceptors (Lipinski definition) is 2. The molecule has 1 saturated carbocycles. The highest BCUT2D eigenvalue weighted by Crippen LogP contribution is 2.30. The van der Waals surface area contributed by atoms with E-state index in [0.717, 1.165) is 25.3 Å². The highest BCUT2D eigenvalue weighted by atomic mass is 16.3. The molecular weight excluding hydrogens is 186 g/mol. The molecular formula is C13H27NO. The predicted octanol–water partition coefficient (Wildman–Crippen LogP) is 2.56. The van der Waals surface area contributed by atoms with E-state index in [2.05, 4.69) is 26.1 Å².